The number of phosphoric acid groups is 1. The first-order valence-electron chi connectivity index (χ1n) is 12.2. The van der Waals surface area contributed by atoms with Crippen LogP contribution < -0.4 is 4.89 Å². The van der Waals surface area contributed by atoms with Crippen LogP contribution in [0.5, 0.6) is 0 Å². The van der Waals surface area contributed by atoms with Crippen LogP contribution in [-0.4, -0.2) is 50.4 Å². The summed E-state index contributed by atoms with van der Waals surface area (Å²) in [5.74, 6) is -0.353. The number of ether oxygens (including phenoxy) is 1. The van der Waals surface area contributed by atoms with Gasteiger partial charge in [0, 0.05) is 7.26 Å². The lowest BCUT2D eigenvalue weighted by Crippen LogP contribution is -2.27. The molecule has 0 spiro atoms. The van der Waals surface area contributed by atoms with Crippen molar-refractivity contribution in [2.75, 3.05) is 44.5 Å². The van der Waals surface area contributed by atoms with Crippen molar-refractivity contribution in [3.63, 3.8) is 0 Å². The van der Waals surface area contributed by atoms with Gasteiger partial charge < -0.3 is 18.7 Å². The molecule has 0 aliphatic carbocycles. The maximum Gasteiger partial charge on any atom is 0.311 e. The minimum absolute atomic E-state index is 0.0984. The summed E-state index contributed by atoms with van der Waals surface area (Å²) in [5, 5.41) is 0. The van der Waals surface area contributed by atoms with Crippen LogP contribution in [0.15, 0.2) is 0 Å². The smallest absolute Gasteiger partial charge is 0.311 e. The first-order chi connectivity index (χ1) is 14.6. The Morgan fingerprint density at radius 1 is 0.806 bits per heavy atom. The molecule has 1 atom stereocenters. The largest absolute Gasteiger partial charge is 0.756 e. The number of unbranched alkanes of at least 4 members (excludes halogenated alkanes) is 4. The molecule has 0 heterocycles. The van der Waals surface area contributed by atoms with Gasteiger partial charge in [-0.05, 0) is 39.5 Å². The average Bonchev–Trinajstić information content (AvgIpc) is 2.73. The van der Waals surface area contributed by atoms with E-state index in [0.29, 0.717) is 6.42 Å². The van der Waals surface area contributed by atoms with E-state index in [4.69, 9.17) is 13.8 Å². The van der Waals surface area contributed by atoms with Gasteiger partial charge in [-0.1, -0.05) is 53.4 Å². The lowest BCUT2D eigenvalue weighted by Gasteiger charge is -2.30. The first-order valence-corrected chi connectivity index (χ1v) is 16.2. The van der Waals surface area contributed by atoms with Gasteiger partial charge in [-0.15, -0.1) is 0 Å². The van der Waals surface area contributed by atoms with Crippen LogP contribution in [0.4, 0.5) is 0 Å². The van der Waals surface area contributed by atoms with E-state index in [9.17, 15) is 14.3 Å². The van der Waals surface area contributed by atoms with Crippen molar-refractivity contribution in [2.24, 2.45) is 5.41 Å². The van der Waals surface area contributed by atoms with E-state index in [1.54, 1.807) is 13.8 Å². The third-order valence-corrected chi connectivity index (χ3v) is 11.9. The second kappa shape index (κ2) is 16.6. The number of carbonyl (C=O) groups excluding carboxylic acids is 1. The van der Waals surface area contributed by atoms with Gasteiger partial charge in [-0.25, -0.2) is 0 Å². The number of hydrogen-bond acceptors (Lipinski definition) is 6. The molecule has 0 radical (unpaired) electrons. The SMILES string of the molecule is CCCCC[P+](CCCC)(CCCC)CCOP(=O)([O-])OCCOC(=O)C(C)(C)CC. The summed E-state index contributed by atoms with van der Waals surface area (Å²) in [5.41, 5.74) is -0.584. The van der Waals surface area contributed by atoms with Crippen molar-refractivity contribution in [3.8, 4) is 0 Å². The van der Waals surface area contributed by atoms with E-state index in [-0.39, 0.29) is 25.8 Å². The van der Waals surface area contributed by atoms with Gasteiger partial charge in [0.05, 0.1) is 43.3 Å². The van der Waals surface area contributed by atoms with Crippen molar-refractivity contribution in [3.05, 3.63) is 0 Å². The summed E-state index contributed by atoms with van der Waals surface area (Å²) in [7, 11) is -5.61. The third kappa shape index (κ3) is 14.0. The molecule has 0 aromatic heterocycles. The Labute approximate surface area is 192 Å². The van der Waals surface area contributed by atoms with E-state index < -0.39 is 20.5 Å². The van der Waals surface area contributed by atoms with Gasteiger partial charge in [0.25, 0.3) is 7.82 Å². The first kappa shape index (κ1) is 31.0. The monoisotopic (exact) mass is 482 g/mol. The molecule has 1 unspecified atom stereocenters. The maximum absolute atomic E-state index is 12.2. The molecule has 0 fully saturated rings. The highest BCUT2D eigenvalue weighted by Gasteiger charge is 2.35. The Balaban J connectivity index is 4.65. The quantitative estimate of drug-likeness (QED) is 0.115. The lowest BCUT2D eigenvalue weighted by molar-refractivity contribution is -0.226. The zero-order chi connectivity index (χ0) is 23.8. The lowest BCUT2D eigenvalue weighted by atomic mass is 9.91. The second-order valence-electron chi connectivity index (χ2n) is 9.14. The Hall–Kier alpha value is 0.0100. The van der Waals surface area contributed by atoms with Crippen molar-refractivity contribution < 1.29 is 28.0 Å². The predicted octanol–water partition coefficient (Wildman–Crippen LogP) is 6.28. The van der Waals surface area contributed by atoms with E-state index in [0.717, 1.165) is 6.16 Å². The summed E-state index contributed by atoms with van der Waals surface area (Å²) >= 11 is 0. The number of esters is 1. The molecule has 0 amide bonds. The molecular formula is C23H48O6P2. The molecular weight excluding hydrogens is 434 g/mol. The topological polar surface area (TPSA) is 84.9 Å². The molecule has 8 heteroatoms. The number of hydrogen-bond donors (Lipinski definition) is 0. The number of carbonyl (C=O) groups is 1. The van der Waals surface area contributed by atoms with E-state index >= 15 is 0 Å². The van der Waals surface area contributed by atoms with Gasteiger partial charge >= 0.3 is 5.97 Å². The molecule has 0 aromatic rings. The zero-order valence-corrected chi connectivity index (χ0v) is 22.7. The second-order valence-corrected chi connectivity index (χ2v) is 15.0. The zero-order valence-electron chi connectivity index (χ0n) is 21.0. The summed E-state index contributed by atoms with van der Waals surface area (Å²) in [6.07, 6.45) is 13.6. The summed E-state index contributed by atoms with van der Waals surface area (Å²) in [4.78, 5) is 24.1. The van der Waals surface area contributed by atoms with E-state index in [1.807, 2.05) is 6.92 Å². The van der Waals surface area contributed by atoms with Gasteiger partial charge in [-0.3, -0.25) is 9.36 Å². The van der Waals surface area contributed by atoms with Crippen LogP contribution in [0.1, 0.15) is 92.9 Å². The molecule has 186 valence electrons. The molecule has 0 saturated carbocycles. The highest BCUT2D eigenvalue weighted by molar-refractivity contribution is 7.75. The summed E-state index contributed by atoms with van der Waals surface area (Å²) in [6, 6.07) is 0. The fraction of sp³-hybridized carbons (Fsp3) is 0.957. The Kier molecular flexibility index (Phi) is 16.6. The molecule has 0 rings (SSSR count). The molecule has 0 N–H and O–H groups in total. The fourth-order valence-electron chi connectivity index (χ4n) is 3.36. The van der Waals surface area contributed by atoms with E-state index in [2.05, 4.69) is 20.8 Å². The van der Waals surface area contributed by atoms with Crippen LogP contribution >= 0.6 is 15.1 Å². The van der Waals surface area contributed by atoms with Crippen LogP contribution in [-0.2, 0) is 23.1 Å². The van der Waals surface area contributed by atoms with Crippen molar-refractivity contribution in [1.82, 2.24) is 0 Å². The van der Waals surface area contributed by atoms with Gasteiger partial charge in [0.15, 0.2) is 0 Å². The van der Waals surface area contributed by atoms with Crippen LogP contribution in [0.25, 0.3) is 0 Å². The average molecular weight is 483 g/mol. The van der Waals surface area contributed by atoms with Crippen molar-refractivity contribution in [2.45, 2.75) is 92.9 Å². The molecule has 0 aliphatic rings. The molecule has 0 aliphatic heterocycles. The minimum atomic E-state index is -4.39. The van der Waals surface area contributed by atoms with Gasteiger partial charge in [0.2, 0.25) is 0 Å². The highest BCUT2D eigenvalue weighted by Crippen LogP contribution is 2.61. The van der Waals surface area contributed by atoms with Gasteiger partial charge in [0.1, 0.15) is 6.61 Å². The Bertz CT molecular complexity index is 516. The van der Waals surface area contributed by atoms with Crippen molar-refractivity contribution in [1.29, 1.82) is 0 Å². The maximum atomic E-state index is 12.2. The predicted molar refractivity (Wildman–Crippen MR) is 130 cm³/mol. The highest BCUT2D eigenvalue weighted by atomic mass is 31.2. The number of phosphoric ester groups is 1. The Morgan fingerprint density at radius 2 is 1.32 bits per heavy atom. The minimum Gasteiger partial charge on any atom is -0.756 e. The fourth-order valence-corrected chi connectivity index (χ4v) is 8.88. The molecule has 0 aromatic carbocycles. The van der Waals surface area contributed by atoms with Crippen LogP contribution in [0.3, 0.4) is 0 Å². The van der Waals surface area contributed by atoms with Crippen LogP contribution in [0, 0.1) is 5.41 Å². The van der Waals surface area contributed by atoms with Crippen LogP contribution in [0.2, 0.25) is 0 Å². The summed E-state index contributed by atoms with van der Waals surface area (Å²) in [6.45, 7) is 12.0. The van der Waals surface area contributed by atoms with E-state index in [1.165, 1.54) is 63.4 Å². The normalized spacial score (nSPS) is 14.4. The number of rotatable bonds is 20. The van der Waals surface area contributed by atoms with Gasteiger partial charge in [-0.2, -0.15) is 0 Å². The summed E-state index contributed by atoms with van der Waals surface area (Å²) < 4.78 is 27.4. The molecule has 31 heavy (non-hydrogen) atoms. The standard InChI is InChI=1S/C23H48O6P2/c1-7-11-14-20-30(18-12-8-2,19-13-9-3)21-17-29-31(25,26)28-16-15-27-22(24)23(5,6)10-4/h7-21H2,1-6H3. The Morgan fingerprint density at radius 3 is 1.84 bits per heavy atom. The van der Waals surface area contributed by atoms with Crippen molar-refractivity contribution >= 4 is 21.1 Å². The molecule has 6 nitrogen and oxygen atoms in total. The molecule has 0 saturated heterocycles. The third-order valence-electron chi connectivity index (χ3n) is 6.03. The molecule has 0 bridgehead atoms.